The zero-order valence-electron chi connectivity index (χ0n) is 23.4. The van der Waals surface area contributed by atoms with Crippen LogP contribution in [0.4, 0.5) is 5.13 Å². The Kier molecular flexibility index (Phi) is 8.72. The Bertz CT molecular complexity index is 1780. The first-order chi connectivity index (χ1) is 21.7. The van der Waals surface area contributed by atoms with Gasteiger partial charge in [0.05, 0.1) is 11.7 Å². The van der Waals surface area contributed by atoms with Crippen LogP contribution in [-0.2, 0) is 30.6 Å². The van der Waals surface area contributed by atoms with Crippen LogP contribution in [-0.4, -0.2) is 76.5 Å². The van der Waals surface area contributed by atoms with Gasteiger partial charge >= 0.3 is 5.65 Å². The van der Waals surface area contributed by atoms with Crippen molar-refractivity contribution < 1.29 is 33.7 Å². The van der Waals surface area contributed by atoms with Gasteiger partial charge in [-0.15, -0.1) is 16.3 Å². The summed E-state index contributed by atoms with van der Waals surface area (Å²) in [5.74, 6) is -3.11. The highest BCUT2D eigenvalue weighted by Crippen LogP contribution is 2.40. The first-order valence-corrected chi connectivity index (χ1v) is 16.4. The number of carboxylic acids is 1. The number of allylic oxidation sites excluding steroid dienone is 1. The number of aromatic nitrogens is 5. The number of thioether (sulfide) groups is 2. The number of carbonyl (C=O) groups excluding carboxylic acids is 4. The van der Waals surface area contributed by atoms with E-state index in [0.29, 0.717) is 16.2 Å². The molecule has 0 aromatic carbocycles. The summed E-state index contributed by atoms with van der Waals surface area (Å²) in [5, 5.41) is 25.0. The molecular formula is C26H26N10O6S3. The van der Waals surface area contributed by atoms with E-state index in [1.54, 1.807) is 45.1 Å². The molecule has 1 saturated carbocycles. The average Bonchev–Trinajstić information content (AvgIpc) is 3.77. The van der Waals surface area contributed by atoms with Crippen LogP contribution in [0.1, 0.15) is 31.5 Å². The number of anilines is 1. The molecule has 0 radical (unpaired) electrons. The minimum Gasteiger partial charge on any atom is -0.543 e. The monoisotopic (exact) mass is 670 g/mol. The van der Waals surface area contributed by atoms with Gasteiger partial charge in [-0.3, -0.25) is 19.3 Å². The number of oxime groups is 1. The van der Waals surface area contributed by atoms with Gasteiger partial charge in [-0.05, 0) is 48.8 Å². The number of amides is 3. The number of nitrogens with two attached hydrogens (primary N) is 2. The fourth-order valence-electron chi connectivity index (χ4n) is 5.13. The quantitative estimate of drug-likeness (QED) is 0.0727. The zero-order valence-corrected chi connectivity index (χ0v) is 25.8. The summed E-state index contributed by atoms with van der Waals surface area (Å²) >= 11 is 3.42. The van der Waals surface area contributed by atoms with Crippen LogP contribution in [0.5, 0.6) is 0 Å². The molecule has 3 aliphatic rings. The largest absolute Gasteiger partial charge is 0.543 e. The molecule has 0 spiro atoms. The smallest absolute Gasteiger partial charge is 0.307 e. The Labute approximate surface area is 267 Å². The molecule has 0 unspecified atom stereocenters. The van der Waals surface area contributed by atoms with Crippen LogP contribution < -0.4 is 26.5 Å². The molecule has 3 amide bonds. The highest BCUT2D eigenvalue weighted by Gasteiger charge is 2.53. The molecule has 2 fully saturated rings. The third-order valence-corrected chi connectivity index (χ3v) is 9.80. The third-order valence-electron chi connectivity index (χ3n) is 7.22. The van der Waals surface area contributed by atoms with E-state index in [-0.39, 0.29) is 40.8 Å². The summed E-state index contributed by atoms with van der Waals surface area (Å²) in [7, 11) is 0. The Morgan fingerprint density at radius 3 is 2.80 bits per heavy atom. The lowest BCUT2D eigenvalue weighted by atomic mass is 10.0. The molecule has 16 nitrogen and oxygen atoms in total. The number of nitrogens with one attached hydrogen (secondary N) is 1. The number of β-lactam (4-membered cyclic amide) rings is 1. The predicted octanol–water partition coefficient (Wildman–Crippen LogP) is -1.09. The Morgan fingerprint density at radius 2 is 2.09 bits per heavy atom. The number of nitrogens with zero attached hydrogens (tertiary/aromatic N) is 7. The van der Waals surface area contributed by atoms with Gasteiger partial charge in [0.15, 0.2) is 17.9 Å². The van der Waals surface area contributed by atoms with E-state index in [2.05, 4.69) is 24.9 Å². The lowest BCUT2D eigenvalue weighted by Gasteiger charge is -2.50. The van der Waals surface area contributed by atoms with Crippen LogP contribution in [0.15, 0.2) is 57.5 Å². The Hall–Kier alpha value is -4.49. The maximum absolute atomic E-state index is 13.3. The highest BCUT2D eigenvalue weighted by atomic mass is 32.2. The molecule has 3 aromatic rings. The van der Waals surface area contributed by atoms with E-state index in [1.807, 2.05) is 0 Å². The van der Waals surface area contributed by atoms with Crippen molar-refractivity contribution in [2.75, 3.05) is 11.5 Å². The number of primary amides is 1. The van der Waals surface area contributed by atoms with E-state index >= 15 is 0 Å². The summed E-state index contributed by atoms with van der Waals surface area (Å²) in [4.78, 5) is 60.6. The van der Waals surface area contributed by atoms with Crippen molar-refractivity contribution in [2.45, 2.75) is 54.8 Å². The normalized spacial score (nSPS) is 20.5. The average molecular weight is 671 g/mol. The standard InChI is InChI=1S/C26H26N10O6S3/c27-15(37)11-34-8-9-35-17(34)6-5-16(31-35)43-10-7-13-12-44-24-19(23(39)36(24)20(13)25(40)41)29-22(38)18(21-30-26(28)45-33-21)32-42-14-3-1-2-4-14/h5-10,14,19,24H,1-4,11-12H2,(H5-,27,28,29,30,33,37,38,40,41)/b10-7+,32-18-/t19-,24-/m1/s1. The van der Waals surface area contributed by atoms with Gasteiger partial charge in [0.25, 0.3) is 17.7 Å². The van der Waals surface area contributed by atoms with Gasteiger partial charge in [0, 0.05) is 23.4 Å². The van der Waals surface area contributed by atoms with Gasteiger partial charge in [0.1, 0.15) is 28.7 Å². The van der Waals surface area contributed by atoms with E-state index in [0.717, 1.165) is 42.1 Å². The summed E-state index contributed by atoms with van der Waals surface area (Å²) in [6.45, 7) is 0.0187. The number of hydrogen-bond acceptors (Lipinski definition) is 14. The second-order valence-corrected chi connectivity index (χ2v) is 13.0. The summed E-state index contributed by atoms with van der Waals surface area (Å²) in [5.41, 5.74) is 11.6. The molecular weight excluding hydrogens is 645 g/mol. The third kappa shape index (κ3) is 6.36. The molecule has 234 valence electrons. The van der Waals surface area contributed by atoms with Crippen molar-refractivity contribution in [1.82, 2.24) is 29.2 Å². The number of imidazole rings is 1. The molecule has 6 rings (SSSR count). The van der Waals surface area contributed by atoms with Crippen LogP contribution in [0.2, 0.25) is 0 Å². The van der Waals surface area contributed by atoms with Crippen LogP contribution in [0.25, 0.3) is 5.65 Å². The zero-order chi connectivity index (χ0) is 31.7. The Morgan fingerprint density at radius 1 is 1.29 bits per heavy atom. The van der Waals surface area contributed by atoms with Crippen molar-refractivity contribution in [3.05, 3.63) is 53.1 Å². The molecule has 5 heterocycles. The fourth-order valence-corrected chi connectivity index (χ4v) is 7.53. The molecule has 1 aliphatic carbocycles. The van der Waals surface area contributed by atoms with Crippen LogP contribution >= 0.6 is 35.1 Å². The lowest BCUT2D eigenvalue weighted by Crippen LogP contribution is -2.71. The summed E-state index contributed by atoms with van der Waals surface area (Å²) < 4.78 is 7.32. The first-order valence-electron chi connectivity index (χ1n) is 13.7. The molecule has 2 aliphatic heterocycles. The van der Waals surface area contributed by atoms with E-state index in [4.69, 9.17) is 16.3 Å². The van der Waals surface area contributed by atoms with Gasteiger partial charge in [-0.1, -0.05) is 22.0 Å². The van der Waals surface area contributed by atoms with E-state index < -0.39 is 35.1 Å². The van der Waals surface area contributed by atoms with Crippen molar-refractivity contribution >= 4 is 75.2 Å². The van der Waals surface area contributed by atoms with Crippen molar-refractivity contribution in [1.29, 1.82) is 0 Å². The Balaban J connectivity index is 1.14. The molecule has 1 saturated heterocycles. The van der Waals surface area contributed by atoms with Gasteiger partial charge in [0.2, 0.25) is 11.5 Å². The SMILES string of the molecule is NC(=O)C[n+]1ccn2nc(S/C=C/C3=C(C(=O)[O-])N4C(=O)[C@@H](NC(=O)/C(=N\OC5CCCC5)c5nsc(N)n5)[C@H]4SC3)ccc21. The number of rotatable bonds is 11. The molecule has 5 N–H and O–H groups in total. The molecule has 45 heavy (non-hydrogen) atoms. The molecule has 19 heteroatoms. The number of carboxylic acid groups (broad SMARTS) is 1. The van der Waals surface area contributed by atoms with E-state index in [9.17, 15) is 24.3 Å². The van der Waals surface area contributed by atoms with Gasteiger partial charge < -0.3 is 31.5 Å². The summed E-state index contributed by atoms with van der Waals surface area (Å²) in [6, 6.07) is 2.52. The first kappa shape index (κ1) is 30.5. The number of aliphatic carboxylic acids is 1. The minimum absolute atomic E-state index is 0.0187. The van der Waals surface area contributed by atoms with Crippen molar-refractivity contribution in [3.63, 3.8) is 0 Å². The highest BCUT2D eigenvalue weighted by molar-refractivity contribution is 8.02. The number of hydrogen-bond donors (Lipinski definition) is 3. The van der Waals surface area contributed by atoms with Crippen LogP contribution in [0, 0.1) is 0 Å². The van der Waals surface area contributed by atoms with Crippen molar-refractivity contribution in [2.24, 2.45) is 10.9 Å². The maximum atomic E-state index is 13.3. The molecule has 3 aromatic heterocycles. The summed E-state index contributed by atoms with van der Waals surface area (Å²) in [6.07, 6.45) is 8.45. The van der Waals surface area contributed by atoms with Gasteiger partial charge in [-0.25, -0.2) is 4.57 Å². The number of carbonyl (C=O) groups is 4. The van der Waals surface area contributed by atoms with Crippen molar-refractivity contribution in [3.8, 4) is 0 Å². The molecule has 0 bridgehead atoms. The van der Waals surface area contributed by atoms with Gasteiger partial charge in [-0.2, -0.15) is 9.36 Å². The lowest BCUT2D eigenvalue weighted by molar-refractivity contribution is -0.658. The second-order valence-electron chi connectivity index (χ2n) is 10.2. The minimum atomic E-state index is -1.51. The number of nitrogen functional groups attached to an aromatic ring is 1. The maximum Gasteiger partial charge on any atom is 0.307 e. The number of fused-ring (bicyclic) bond motifs is 2. The predicted molar refractivity (Wildman–Crippen MR) is 161 cm³/mol. The molecule has 2 atom stereocenters. The second kappa shape index (κ2) is 12.9. The fraction of sp³-hybridized carbons (Fsp3) is 0.346. The topological polar surface area (TPSA) is 227 Å². The van der Waals surface area contributed by atoms with Crippen LogP contribution in [0.3, 0.4) is 0 Å². The van der Waals surface area contributed by atoms with E-state index in [1.165, 1.54) is 23.5 Å².